The third kappa shape index (κ3) is 3.91. The molecule has 0 saturated carbocycles. The van der Waals surface area contributed by atoms with E-state index in [-0.39, 0.29) is 11.4 Å². The standard InChI is InChI=1S/C25H29N3OS/c1-15-8-7-9-19(10-15)26-24-27-23(29)22(30-24)13-18-12-20-17(3)14-25(4,5)28(6)21(20)11-16(18)2/h7-13,17H,14H2,1-6H3,(H,26,27,29)/b22-13-/t17-/m1/s1. The van der Waals surface area contributed by atoms with Crippen molar-refractivity contribution in [3.63, 3.8) is 0 Å². The van der Waals surface area contributed by atoms with Crippen molar-refractivity contribution in [3.8, 4) is 0 Å². The fourth-order valence-electron chi connectivity index (χ4n) is 4.33. The summed E-state index contributed by atoms with van der Waals surface area (Å²) in [4.78, 5) is 20.2. The Morgan fingerprint density at radius 2 is 2.00 bits per heavy atom. The Kier molecular flexibility index (Phi) is 5.27. The molecule has 2 aromatic rings. The molecule has 1 fully saturated rings. The van der Waals surface area contributed by atoms with Gasteiger partial charge in [-0.15, -0.1) is 0 Å². The molecule has 2 aliphatic rings. The van der Waals surface area contributed by atoms with Gasteiger partial charge < -0.3 is 10.2 Å². The molecular formula is C25H29N3OS. The van der Waals surface area contributed by atoms with E-state index in [0.717, 1.165) is 23.2 Å². The fraction of sp³-hybridized carbons (Fsp3) is 0.360. The number of hydrogen-bond acceptors (Lipinski definition) is 4. The normalized spacial score (nSPS) is 23.1. The maximum absolute atomic E-state index is 12.6. The van der Waals surface area contributed by atoms with Gasteiger partial charge in [0.2, 0.25) is 0 Å². The van der Waals surface area contributed by atoms with Crippen molar-refractivity contribution >= 4 is 40.3 Å². The zero-order valence-corrected chi connectivity index (χ0v) is 19.4. The van der Waals surface area contributed by atoms with E-state index in [0.29, 0.717) is 16.0 Å². The van der Waals surface area contributed by atoms with Gasteiger partial charge in [-0.2, -0.15) is 0 Å². The molecular weight excluding hydrogens is 390 g/mol. The van der Waals surface area contributed by atoms with E-state index in [4.69, 9.17) is 0 Å². The molecule has 1 N–H and O–H groups in total. The second kappa shape index (κ2) is 7.62. The zero-order valence-electron chi connectivity index (χ0n) is 18.5. The van der Waals surface area contributed by atoms with Gasteiger partial charge in [0.15, 0.2) is 5.17 Å². The minimum absolute atomic E-state index is 0.0881. The van der Waals surface area contributed by atoms with Crippen LogP contribution < -0.4 is 10.2 Å². The van der Waals surface area contributed by atoms with Crippen LogP contribution in [0.15, 0.2) is 46.3 Å². The minimum atomic E-state index is -0.0881. The Hall–Kier alpha value is -2.53. The highest BCUT2D eigenvalue weighted by Gasteiger charge is 2.34. The van der Waals surface area contributed by atoms with Crippen molar-refractivity contribution in [1.82, 2.24) is 5.32 Å². The van der Waals surface area contributed by atoms with Crippen LogP contribution in [0.5, 0.6) is 0 Å². The van der Waals surface area contributed by atoms with Gasteiger partial charge in [0.1, 0.15) is 0 Å². The average Bonchev–Trinajstić information content (AvgIpc) is 2.99. The van der Waals surface area contributed by atoms with Crippen LogP contribution in [0.1, 0.15) is 55.4 Å². The summed E-state index contributed by atoms with van der Waals surface area (Å²) >= 11 is 1.40. The first-order chi connectivity index (χ1) is 14.1. The van der Waals surface area contributed by atoms with Gasteiger partial charge in [-0.25, -0.2) is 4.99 Å². The Bertz CT molecular complexity index is 1080. The number of carbonyl (C=O) groups excluding carboxylic acids is 1. The first-order valence-corrected chi connectivity index (χ1v) is 11.2. The molecule has 0 aliphatic carbocycles. The smallest absolute Gasteiger partial charge is 0.264 e. The van der Waals surface area contributed by atoms with E-state index in [1.807, 2.05) is 37.3 Å². The Morgan fingerprint density at radius 1 is 1.23 bits per heavy atom. The second-order valence-electron chi connectivity index (χ2n) is 9.06. The quantitative estimate of drug-likeness (QED) is 0.615. The molecule has 1 saturated heterocycles. The van der Waals surface area contributed by atoms with Crippen molar-refractivity contribution in [2.75, 3.05) is 11.9 Å². The van der Waals surface area contributed by atoms with Gasteiger partial charge in [0, 0.05) is 18.3 Å². The molecule has 2 heterocycles. The summed E-state index contributed by atoms with van der Waals surface area (Å²) < 4.78 is 0. The van der Waals surface area contributed by atoms with Gasteiger partial charge in [-0.05, 0) is 104 Å². The number of rotatable bonds is 2. The lowest BCUT2D eigenvalue weighted by Crippen LogP contribution is -2.45. The van der Waals surface area contributed by atoms with Crippen LogP contribution in [0, 0.1) is 13.8 Å². The van der Waals surface area contributed by atoms with Crippen LogP contribution in [0.2, 0.25) is 0 Å². The Labute approximate surface area is 183 Å². The predicted molar refractivity (Wildman–Crippen MR) is 129 cm³/mol. The van der Waals surface area contributed by atoms with Crippen LogP contribution in [-0.4, -0.2) is 23.7 Å². The molecule has 1 atom stereocenters. The van der Waals surface area contributed by atoms with E-state index < -0.39 is 0 Å². The van der Waals surface area contributed by atoms with Crippen molar-refractivity contribution in [2.24, 2.45) is 4.99 Å². The molecule has 2 aliphatic heterocycles. The molecule has 0 radical (unpaired) electrons. The first-order valence-electron chi connectivity index (χ1n) is 10.4. The summed E-state index contributed by atoms with van der Waals surface area (Å²) in [5, 5.41) is 3.53. The third-order valence-corrected chi connectivity index (χ3v) is 7.10. The number of amidine groups is 1. The van der Waals surface area contributed by atoms with Gasteiger partial charge in [0.25, 0.3) is 5.91 Å². The van der Waals surface area contributed by atoms with Crippen LogP contribution in [0.4, 0.5) is 11.4 Å². The average molecular weight is 420 g/mol. The maximum Gasteiger partial charge on any atom is 0.264 e. The van der Waals surface area contributed by atoms with E-state index in [9.17, 15) is 4.79 Å². The number of amides is 1. The number of anilines is 1. The number of benzene rings is 2. The monoisotopic (exact) mass is 419 g/mol. The summed E-state index contributed by atoms with van der Waals surface area (Å²) in [6.07, 6.45) is 3.11. The summed E-state index contributed by atoms with van der Waals surface area (Å²) in [7, 11) is 2.18. The molecule has 0 bridgehead atoms. The maximum atomic E-state index is 12.6. The number of aryl methyl sites for hydroxylation is 2. The molecule has 0 unspecified atom stereocenters. The van der Waals surface area contributed by atoms with Crippen molar-refractivity contribution < 1.29 is 4.79 Å². The largest absolute Gasteiger partial charge is 0.369 e. The lowest BCUT2D eigenvalue weighted by Gasteiger charge is -2.45. The van der Waals surface area contributed by atoms with Crippen LogP contribution in [0.25, 0.3) is 6.08 Å². The summed E-state index contributed by atoms with van der Waals surface area (Å²) in [6, 6.07) is 12.5. The highest BCUT2D eigenvalue weighted by Crippen LogP contribution is 2.44. The molecule has 156 valence electrons. The lowest BCUT2D eigenvalue weighted by molar-refractivity contribution is -0.115. The second-order valence-corrected chi connectivity index (χ2v) is 10.1. The van der Waals surface area contributed by atoms with Crippen molar-refractivity contribution in [2.45, 2.75) is 52.5 Å². The molecule has 5 heteroatoms. The number of nitrogens with one attached hydrogen (secondary N) is 1. The van der Waals surface area contributed by atoms with Crippen molar-refractivity contribution in [1.29, 1.82) is 0 Å². The zero-order chi connectivity index (χ0) is 21.6. The number of thioether (sulfide) groups is 1. The van der Waals surface area contributed by atoms with E-state index in [1.165, 1.54) is 28.6 Å². The molecule has 4 rings (SSSR count). The highest BCUT2D eigenvalue weighted by atomic mass is 32.2. The molecule has 0 spiro atoms. The highest BCUT2D eigenvalue weighted by molar-refractivity contribution is 8.18. The van der Waals surface area contributed by atoms with Crippen LogP contribution in [-0.2, 0) is 4.79 Å². The number of hydrogen-bond donors (Lipinski definition) is 1. The number of aliphatic imine (C=N–C) groups is 1. The van der Waals surface area contributed by atoms with Gasteiger partial charge in [-0.1, -0.05) is 19.1 Å². The number of carbonyl (C=O) groups is 1. The van der Waals surface area contributed by atoms with E-state index in [2.05, 4.69) is 62.1 Å². The number of fused-ring (bicyclic) bond motifs is 1. The fourth-order valence-corrected chi connectivity index (χ4v) is 5.16. The van der Waals surface area contributed by atoms with Crippen LogP contribution >= 0.6 is 11.8 Å². The van der Waals surface area contributed by atoms with Gasteiger partial charge in [-0.3, -0.25) is 4.79 Å². The first kappa shape index (κ1) is 20.7. The number of nitrogens with zero attached hydrogens (tertiary/aromatic N) is 2. The predicted octanol–water partition coefficient (Wildman–Crippen LogP) is 5.92. The molecule has 0 aromatic heterocycles. The molecule has 2 aromatic carbocycles. The van der Waals surface area contributed by atoms with Gasteiger partial charge >= 0.3 is 0 Å². The van der Waals surface area contributed by atoms with Crippen molar-refractivity contribution in [3.05, 3.63) is 63.6 Å². The molecule has 1 amide bonds. The lowest BCUT2D eigenvalue weighted by atomic mass is 9.79. The molecule has 4 nitrogen and oxygen atoms in total. The summed E-state index contributed by atoms with van der Waals surface area (Å²) in [6.45, 7) is 11.0. The van der Waals surface area contributed by atoms with E-state index >= 15 is 0 Å². The van der Waals surface area contributed by atoms with Crippen LogP contribution in [0.3, 0.4) is 0 Å². The molecule has 30 heavy (non-hydrogen) atoms. The SMILES string of the molecule is Cc1cccc(N=C2NC(=O)/C(=C/c3cc4c(cc3C)N(C)C(C)(C)C[C@H]4C)S2)c1. The minimum Gasteiger partial charge on any atom is -0.369 e. The third-order valence-electron chi connectivity index (χ3n) is 6.19. The van der Waals surface area contributed by atoms with E-state index in [1.54, 1.807) is 0 Å². The van der Waals surface area contributed by atoms with Gasteiger partial charge in [0.05, 0.1) is 10.6 Å². The summed E-state index contributed by atoms with van der Waals surface area (Å²) in [5.74, 6) is 0.391. The Morgan fingerprint density at radius 3 is 2.73 bits per heavy atom. The Balaban J connectivity index is 1.66. The summed E-state index contributed by atoms with van der Waals surface area (Å²) in [5.41, 5.74) is 7.06. The topological polar surface area (TPSA) is 44.7 Å².